The minimum atomic E-state index is -0.0412. The molecule has 0 spiro atoms. The van der Waals surface area contributed by atoms with Crippen LogP contribution in [-0.2, 0) is 0 Å². The Labute approximate surface area is 135 Å². The van der Waals surface area contributed by atoms with Crippen molar-refractivity contribution in [3.63, 3.8) is 0 Å². The number of hydrogen-bond acceptors (Lipinski definition) is 3. The molecule has 2 heterocycles. The molecule has 1 amide bonds. The van der Waals surface area contributed by atoms with Crippen LogP contribution in [0.3, 0.4) is 0 Å². The summed E-state index contributed by atoms with van der Waals surface area (Å²) in [6.45, 7) is 2.53. The number of nitrogens with zero attached hydrogens (tertiary/aromatic N) is 1. The van der Waals surface area contributed by atoms with Crippen LogP contribution < -0.4 is 5.32 Å². The first-order chi connectivity index (χ1) is 11.2. The number of rotatable bonds is 5. The van der Waals surface area contributed by atoms with Crippen molar-refractivity contribution in [1.29, 1.82) is 0 Å². The molecule has 1 saturated heterocycles. The first-order valence-electron chi connectivity index (χ1n) is 7.90. The van der Waals surface area contributed by atoms with E-state index in [2.05, 4.69) is 10.3 Å². The molecule has 0 radical (unpaired) electrons. The van der Waals surface area contributed by atoms with E-state index in [1.54, 1.807) is 42.7 Å². The molecule has 2 N–H and O–H groups in total. The van der Waals surface area contributed by atoms with Crippen LogP contribution in [0, 0.1) is 5.92 Å². The number of nitrogens with one attached hydrogen (secondary N) is 2. The molecule has 1 atom stereocenters. The van der Waals surface area contributed by atoms with Crippen molar-refractivity contribution in [3.05, 3.63) is 59.4 Å². The number of likely N-dealkylation sites (tertiary alicyclic amines) is 1. The van der Waals surface area contributed by atoms with Crippen molar-refractivity contribution >= 4 is 11.7 Å². The number of hydrogen-bond donors (Lipinski definition) is 2. The highest BCUT2D eigenvalue weighted by Gasteiger charge is 2.26. The van der Waals surface area contributed by atoms with Gasteiger partial charge in [0.05, 0.1) is 0 Å². The molecule has 1 fully saturated rings. The maximum Gasteiger partial charge on any atom is 0.253 e. The van der Waals surface area contributed by atoms with Gasteiger partial charge in [0.2, 0.25) is 0 Å². The zero-order valence-corrected chi connectivity index (χ0v) is 13.2. The molecule has 3 rings (SSSR count). The van der Waals surface area contributed by atoms with E-state index >= 15 is 0 Å². The molecule has 0 saturated carbocycles. The molecule has 2 aromatic rings. The highest BCUT2D eigenvalue weighted by atomic mass is 16.2. The van der Waals surface area contributed by atoms with Crippen LogP contribution in [-0.4, -0.2) is 48.3 Å². The first kappa shape index (κ1) is 15.5. The van der Waals surface area contributed by atoms with E-state index in [4.69, 9.17) is 0 Å². The van der Waals surface area contributed by atoms with Crippen LogP contribution in [0.15, 0.2) is 42.7 Å². The third-order valence-corrected chi connectivity index (χ3v) is 4.32. The van der Waals surface area contributed by atoms with E-state index in [0.29, 0.717) is 22.6 Å². The molecule has 0 aliphatic carbocycles. The van der Waals surface area contributed by atoms with Crippen molar-refractivity contribution in [2.45, 2.75) is 6.42 Å². The Morgan fingerprint density at radius 3 is 2.57 bits per heavy atom. The maximum absolute atomic E-state index is 12.5. The van der Waals surface area contributed by atoms with Crippen LogP contribution in [0.25, 0.3) is 0 Å². The van der Waals surface area contributed by atoms with E-state index in [1.807, 2.05) is 11.9 Å². The zero-order valence-electron chi connectivity index (χ0n) is 13.2. The highest BCUT2D eigenvalue weighted by Crippen LogP contribution is 2.19. The molecule has 120 valence electrons. The summed E-state index contributed by atoms with van der Waals surface area (Å²) < 4.78 is 0. The largest absolute Gasteiger partial charge is 0.367 e. The van der Waals surface area contributed by atoms with Gasteiger partial charge < -0.3 is 15.2 Å². The maximum atomic E-state index is 12.5. The molecule has 1 aromatic carbocycles. The number of aromatic nitrogens is 1. The van der Waals surface area contributed by atoms with Crippen molar-refractivity contribution in [2.75, 3.05) is 26.7 Å². The SMILES string of the molecule is CNCC1CCN(C(=O)c2ccc(C(=O)c3cc[nH]c3)cc2)C1. The van der Waals surface area contributed by atoms with Gasteiger partial charge in [-0.15, -0.1) is 0 Å². The third kappa shape index (κ3) is 3.35. The lowest BCUT2D eigenvalue weighted by molar-refractivity contribution is 0.0786. The lowest BCUT2D eigenvalue weighted by Crippen LogP contribution is -2.30. The minimum absolute atomic E-state index is 0.0412. The van der Waals surface area contributed by atoms with Crippen LogP contribution in [0.5, 0.6) is 0 Å². The van der Waals surface area contributed by atoms with Gasteiger partial charge in [-0.25, -0.2) is 0 Å². The fourth-order valence-electron chi connectivity index (χ4n) is 3.05. The topological polar surface area (TPSA) is 65.2 Å². The Morgan fingerprint density at radius 1 is 1.17 bits per heavy atom. The number of aromatic amines is 1. The smallest absolute Gasteiger partial charge is 0.253 e. The van der Waals surface area contributed by atoms with Crippen LogP contribution >= 0.6 is 0 Å². The molecule has 0 bridgehead atoms. The first-order valence-corrected chi connectivity index (χ1v) is 7.90. The van der Waals surface area contributed by atoms with E-state index in [1.165, 1.54) is 0 Å². The highest BCUT2D eigenvalue weighted by molar-refractivity contribution is 6.09. The Balaban J connectivity index is 1.68. The molecule has 1 aliphatic rings. The van der Waals surface area contributed by atoms with Crippen molar-refractivity contribution < 1.29 is 9.59 Å². The third-order valence-electron chi connectivity index (χ3n) is 4.32. The summed E-state index contributed by atoms with van der Waals surface area (Å²) in [6, 6.07) is 8.68. The van der Waals surface area contributed by atoms with Crippen LogP contribution in [0.1, 0.15) is 32.7 Å². The summed E-state index contributed by atoms with van der Waals surface area (Å²) in [4.78, 5) is 29.5. The molecular formula is C18H21N3O2. The van der Waals surface area contributed by atoms with Crippen LogP contribution in [0.2, 0.25) is 0 Å². The summed E-state index contributed by atoms with van der Waals surface area (Å²) >= 11 is 0. The van der Waals surface area contributed by atoms with E-state index in [-0.39, 0.29) is 11.7 Å². The van der Waals surface area contributed by atoms with Gasteiger partial charge in [-0.05, 0) is 44.1 Å². The lowest BCUT2D eigenvalue weighted by atomic mass is 10.0. The normalized spacial score (nSPS) is 17.4. The Kier molecular flexibility index (Phi) is 4.57. The summed E-state index contributed by atoms with van der Waals surface area (Å²) in [7, 11) is 1.94. The molecule has 1 aliphatic heterocycles. The van der Waals surface area contributed by atoms with Gasteiger partial charge in [-0.2, -0.15) is 0 Å². The predicted octanol–water partition coefficient (Wildman–Crippen LogP) is 1.93. The van der Waals surface area contributed by atoms with Gasteiger partial charge in [0, 0.05) is 42.2 Å². The average Bonchev–Trinajstić information content (AvgIpc) is 3.26. The second kappa shape index (κ2) is 6.79. The number of benzene rings is 1. The second-order valence-electron chi connectivity index (χ2n) is 5.97. The lowest BCUT2D eigenvalue weighted by Gasteiger charge is -2.16. The quantitative estimate of drug-likeness (QED) is 0.829. The van der Waals surface area contributed by atoms with Crippen molar-refractivity contribution in [1.82, 2.24) is 15.2 Å². The molecule has 23 heavy (non-hydrogen) atoms. The van der Waals surface area contributed by atoms with Crippen LogP contribution in [0.4, 0.5) is 0 Å². The summed E-state index contributed by atoms with van der Waals surface area (Å²) in [5.74, 6) is 0.531. The van der Waals surface area contributed by atoms with Gasteiger partial charge in [-0.3, -0.25) is 9.59 Å². The number of carbonyl (C=O) groups is 2. The number of carbonyl (C=O) groups excluding carboxylic acids is 2. The van der Waals surface area contributed by atoms with Gasteiger partial charge in [-0.1, -0.05) is 12.1 Å². The summed E-state index contributed by atoms with van der Waals surface area (Å²) in [5.41, 5.74) is 1.86. The standard InChI is InChI=1S/C18H21N3O2/c1-19-10-13-7-9-21(12-13)18(23)15-4-2-14(3-5-15)17(22)16-6-8-20-11-16/h2-6,8,11,13,19-20H,7,9-10,12H2,1H3. The molecule has 5 heteroatoms. The van der Waals surface area contributed by atoms with E-state index < -0.39 is 0 Å². The number of H-pyrrole nitrogens is 1. The Hall–Kier alpha value is -2.40. The molecule has 1 unspecified atom stereocenters. The molecule has 5 nitrogen and oxygen atoms in total. The number of ketones is 1. The van der Waals surface area contributed by atoms with Crippen molar-refractivity contribution in [2.24, 2.45) is 5.92 Å². The van der Waals surface area contributed by atoms with E-state index in [9.17, 15) is 9.59 Å². The van der Waals surface area contributed by atoms with Gasteiger partial charge in [0.1, 0.15) is 0 Å². The minimum Gasteiger partial charge on any atom is -0.367 e. The van der Waals surface area contributed by atoms with Gasteiger partial charge >= 0.3 is 0 Å². The monoisotopic (exact) mass is 311 g/mol. The Bertz CT molecular complexity index is 677. The predicted molar refractivity (Wildman–Crippen MR) is 88.6 cm³/mol. The Morgan fingerprint density at radius 2 is 1.91 bits per heavy atom. The van der Waals surface area contributed by atoms with Crippen molar-refractivity contribution in [3.8, 4) is 0 Å². The van der Waals surface area contributed by atoms with Gasteiger partial charge in [0.15, 0.2) is 5.78 Å². The van der Waals surface area contributed by atoms with Gasteiger partial charge in [0.25, 0.3) is 5.91 Å². The zero-order chi connectivity index (χ0) is 16.2. The summed E-state index contributed by atoms with van der Waals surface area (Å²) in [5, 5.41) is 3.16. The molecular weight excluding hydrogens is 290 g/mol. The second-order valence-corrected chi connectivity index (χ2v) is 5.97. The fourth-order valence-corrected chi connectivity index (χ4v) is 3.05. The fraction of sp³-hybridized carbons (Fsp3) is 0.333. The van der Waals surface area contributed by atoms with E-state index in [0.717, 1.165) is 26.1 Å². The average molecular weight is 311 g/mol. The number of amides is 1. The molecule has 1 aromatic heterocycles. The summed E-state index contributed by atoms with van der Waals surface area (Å²) in [6.07, 6.45) is 4.43.